The van der Waals surface area contributed by atoms with Crippen LogP contribution in [0.4, 0.5) is 4.79 Å². The molecule has 2 aromatic rings. The molecule has 0 bridgehead atoms. The number of urea groups is 1. The summed E-state index contributed by atoms with van der Waals surface area (Å²) in [5, 5.41) is 3.11. The van der Waals surface area contributed by atoms with Gasteiger partial charge in [-0.3, -0.25) is 4.79 Å². The standard InChI is InChI=1S/C19H21ClN4O5/c1-28-15(25)9-14(18(26)29-2)23-19(27)24-7-6-13-16(22-10-21-13)17(24)11-4-3-5-12(20)8-11/h3-5,8,10,14,17H,6-7,9H2,1-2H3,(H,21,22)(H,23,27)/t14-,17-/m1/s1. The van der Waals surface area contributed by atoms with Crippen LogP contribution in [0, 0.1) is 0 Å². The molecule has 0 aliphatic carbocycles. The number of hydrogen-bond acceptors (Lipinski definition) is 6. The van der Waals surface area contributed by atoms with Crippen LogP contribution < -0.4 is 5.32 Å². The Labute approximate surface area is 172 Å². The average molecular weight is 421 g/mol. The molecule has 3 rings (SSSR count). The number of hydrogen-bond donors (Lipinski definition) is 2. The molecule has 0 saturated carbocycles. The van der Waals surface area contributed by atoms with Crippen molar-refractivity contribution < 1.29 is 23.9 Å². The van der Waals surface area contributed by atoms with Crippen LogP contribution in [-0.2, 0) is 25.5 Å². The van der Waals surface area contributed by atoms with Crippen LogP contribution >= 0.6 is 11.6 Å². The number of H-pyrrole nitrogens is 1. The van der Waals surface area contributed by atoms with Gasteiger partial charge in [0, 0.05) is 23.7 Å². The Morgan fingerprint density at radius 3 is 2.83 bits per heavy atom. The summed E-state index contributed by atoms with van der Waals surface area (Å²) in [6.07, 6.45) is 1.82. The number of aromatic amines is 1. The minimum Gasteiger partial charge on any atom is -0.469 e. The van der Waals surface area contributed by atoms with Gasteiger partial charge in [0.1, 0.15) is 12.1 Å². The van der Waals surface area contributed by atoms with E-state index in [-0.39, 0.29) is 6.42 Å². The number of fused-ring (bicyclic) bond motifs is 1. The number of carbonyl (C=O) groups is 3. The van der Waals surface area contributed by atoms with Gasteiger partial charge >= 0.3 is 18.0 Å². The molecule has 0 fully saturated rings. The minimum absolute atomic E-state index is 0.335. The number of amides is 2. The van der Waals surface area contributed by atoms with Crippen molar-refractivity contribution in [3.63, 3.8) is 0 Å². The zero-order chi connectivity index (χ0) is 21.0. The van der Waals surface area contributed by atoms with E-state index in [1.807, 2.05) is 6.07 Å². The summed E-state index contributed by atoms with van der Waals surface area (Å²) in [7, 11) is 2.39. The summed E-state index contributed by atoms with van der Waals surface area (Å²) in [6, 6.07) is 4.97. The number of esters is 2. The van der Waals surface area contributed by atoms with Gasteiger partial charge in [0.15, 0.2) is 0 Å². The van der Waals surface area contributed by atoms with Crippen molar-refractivity contribution in [3.05, 3.63) is 52.6 Å². The van der Waals surface area contributed by atoms with Gasteiger partial charge in [0.25, 0.3) is 0 Å². The van der Waals surface area contributed by atoms with E-state index in [0.717, 1.165) is 11.3 Å². The number of nitrogens with one attached hydrogen (secondary N) is 2. The van der Waals surface area contributed by atoms with Gasteiger partial charge in [0.05, 0.1) is 32.7 Å². The van der Waals surface area contributed by atoms with E-state index in [4.69, 9.17) is 16.3 Å². The van der Waals surface area contributed by atoms with E-state index in [1.165, 1.54) is 14.2 Å². The predicted molar refractivity (Wildman–Crippen MR) is 103 cm³/mol. The second-order valence-corrected chi connectivity index (χ2v) is 6.91. The van der Waals surface area contributed by atoms with Crippen LogP contribution in [0.25, 0.3) is 0 Å². The minimum atomic E-state index is -1.17. The maximum atomic E-state index is 13.1. The number of ether oxygens (including phenoxy) is 2. The molecule has 1 aliphatic rings. The molecule has 2 heterocycles. The topological polar surface area (TPSA) is 114 Å². The fraction of sp³-hybridized carbons (Fsp3) is 0.368. The molecule has 2 N–H and O–H groups in total. The number of aromatic nitrogens is 2. The molecule has 2 atom stereocenters. The molecule has 29 heavy (non-hydrogen) atoms. The van der Waals surface area contributed by atoms with Crippen LogP contribution in [0.1, 0.15) is 29.4 Å². The summed E-state index contributed by atoms with van der Waals surface area (Å²) in [5.74, 6) is -1.37. The summed E-state index contributed by atoms with van der Waals surface area (Å²) < 4.78 is 9.30. The van der Waals surface area contributed by atoms with Gasteiger partial charge in [-0.05, 0) is 17.7 Å². The zero-order valence-corrected chi connectivity index (χ0v) is 16.7. The van der Waals surface area contributed by atoms with Crippen LogP contribution in [0.2, 0.25) is 5.02 Å². The highest BCUT2D eigenvalue weighted by Gasteiger charge is 2.36. The van der Waals surface area contributed by atoms with E-state index in [9.17, 15) is 14.4 Å². The van der Waals surface area contributed by atoms with E-state index < -0.39 is 30.1 Å². The Balaban J connectivity index is 1.89. The predicted octanol–water partition coefficient (Wildman–Crippen LogP) is 1.82. The summed E-state index contributed by atoms with van der Waals surface area (Å²) in [5.41, 5.74) is 2.41. The first-order valence-electron chi connectivity index (χ1n) is 8.94. The molecular formula is C19H21ClN4O5. The summed E-state index contributed by atoms with van der Waals surface area (Å²) in [4.78, 5) is 45.8. The van der Waals surface area contributed by atoms with E-state index in [2.05, 4.69) is 20.0 Å². The van der Waals surface area contributed by atoms with Crippen LogP contribution in [0.15, 0.2) is 30.6 Å². The van der Waals surface area contributed by atoms with Crippen molar-refractivity contribution in [2.45, 2.75) is 24.9 Å². The maximum Gasteiger partial charge on any atom is 0.329 e. The van der Waals surface area contributed by atoms with Gasteiger partial charge < -0.3 is 24.7 Å². The third kappa shape index (κ3) is 4.51. The molecule has 0 unspecified atom stereocenters. The van der Waals surface area contributed by atoms with Crippen LogP contribution in [-0.4, -0.2) is 59.6 Å². The van der Waals surface area contributed by atoms with E-state index >= 15 is 0 Å². The lowest BCUT2D eigenvalue weighted by atomic mass is 9.96. The van der Waals surface area contributed by atoms with Gasteiger partial charge in [0.2, 0.25) is 0 Å². The van der Waals surface area contributed by atoms with E-state index in [1.54, 1.807) is 29.4 Å². The van der Waals surface area contributed by atoms with Crippen LogP contribution in [0.5, 0.6) is 0 Å². The number of carbonyl (C=O) groups excluding carboxylic acids is 3. The van der Waals surface area contributed by atoms with Crippen molar-refractivity contribution in [3.8, 4) is 0 Å². The largest absolute Gasteiger partial charge is 0.469 e. The Morgan fingerprint density at radius 2 is 2.14 bits per heavy atom. The molecule has 0 radical (unpaired) electrons. The van der Waals surface area contributed by atoms with E-state index in [0.29, 0.717) is 23.7 Å². The van der Waals surface area contributed by atoms with Crippen molar-refractivity contribution in [2.75, 3.05) is 20.8 Å². The number of methoxy groups -OCH3 is 2. The molecule has 1 aliphatic heterocycles. The summed E-state index contributed by atoms with van der Waals surface area (Å²) in [6.45, 7) is 0.379. The summed E-state index contributed by atoms with van der Waals surface area (Å²) >= 11 is 6.15. The van der Waals surface area contributed by atoms with Gasteiger partial charge in [-0.15, -0.1) is 0 Å². The first kappa shape index (κ1) is 20.7. The molecule has 1 aromatic carbocycles. The SMILES string of the molecule is COC(=O)C[C@@H](NC(=O)N1CCc2[nH]cnc2[C@H]1c1cccc(Cl)c1)C(=O)OC. The average Bonchev–Trinajstić information content (AvgIpc) is 3.20. The third-order valence-electron chi connectivity index (χ3n) is 4.73. The molecule has 154 valence electrons. The van der Waals surface area contributed by atoms with Gasteiger partial charge in [-0.25, -0.2) is 14.6 Å². The molecular weight excluding hydrogens is 400 g/mol. The monoisotopic (exact) mass is 420 g/mol. The van der Waals surface area contributed by atoms with Crippen molar-refractivity contribution >= 4 is 29.6 Å². The Hall–Kier alpha value is -3.07. The second kappa shape index (κ2) is 8.95. The first-order chi connectivity index (χ1) is 13.9. The molecule has 0 spiro atoms. The molecule has 9 nitrogen and oxygen atoms in total. The first-order valence-corrected chi connectivity index (χ1v) is 9.31. The number of benzene rings is 1. The molecule has 10 heteroatoms. The number of rotatable bonds is 5. The fourth-order valence-electron chi connectivity index (χ4n) is 3.33. The number of halogens is 1. The molecule has 2 amide bonds. The number of imidazole rings is 1. The lowest BCUT2D eigenvalue weighted by Crippen LogP contribution is -2.52. The third-order valence-corrected chi connectivity index (χ3v) is 4.97. The smallest absolute Gasteiger partial charge is 0.329 e. The fourth-order valence-corrected chi connectivity index (χ4v) is 3.53. The van der Waals surface area contributed by atoms with Crippen LogP contribution in [0.3, 0.4) is 0 Å². The quantitative estimate of drug-likeness (QED) is 0.713. The second-order valence-electron chi connectivity index (χ2n) is 6.47. The van der Waals surface area contributed by atoms with Gasteiger partial charge in [-0.1, -0.05) is 23.7 Å². The molecule has 1 aromatic heterocycles. The normalized spacial score (nSPS) is 16.5. The Morgan fingerprint density at radius 1 is 1.34 bits per heavy atom. The van der Waals surface area contributed by atoms with Crippen molar-refractivity contribution in [1.29, 1.82) is 0 Å². The maximum absolute atomic E-state index is 13.1. The molecule has 0 saturated heterocycles. The highest BCUT2D eigenvalue weighted by Crippen LogP contribution is 2.34. The zero-order valence-electron chi connectivity index (χ0n) is 16.0. The van der Waals surface area contributed by atoms with Crippen molar-refractivity contribution in [1.82, 2.24) is 20.2 Å². The number of nitrogens with zero attached hydrogens (tertiary/aromatic N) is 2. The van der Waals surface area contributed by atoms with Crippen molar-refractivity contribution in [2.24, 2.45) is 0 Å². The Bertz CT molecular complexity index is 916. The van der Waals surface area contributed by atoms with Gasteiger partial charge in [-0.2, -0.15) is 0 Å². The Kier molecular flexibility index (Phi) is 6.38. The highest BCUT2D eigenvalue weighted by atomic mass is 35.5. The highest BCUT2D eigenvalue weighted by molar-refractivity contribution is 6.30. The lowest BCUT2D eigenvalue weighted by molar-refractivity contribution is -0.149. The lowest BCUT2D eigenvalue weighted by Gasteiger charge is -2.36.